The fourth-order valence-corrected chi connectivity index (χ4v) is 3.22. The highest BCUT2D eigenvalue weighted by Gasteiger charge is 2.33. The van der Waals surface area contributed by atoms with E-state index >= 15 is 0 Å². The average molecular weight is 465 g/mol. The summed E-state index contributed by atoms with van der Waals surface area (Å²) < 4.78 is 0. The van der Waals surface area contributed by atoms with Crippen LogP contribution in [-0.2, 0) is 9.59 Å². The van der Waals surface area contributed by atoms with Gasteiger partial charge in [0.05, 0.1) is 6.61 Å². The Kier molecular flexibility index (Phi) is 23.9. The molecule has 8 nitrogen and oxygen atoms in total. The minimum atomic E-state index is -1.79. The van der Waals surface area contributed by atoms with Gasteiger partial charge in [-0.25, -0.2) is 0 Å². The van der Waals surface area contributed by atoms with E-state index < -0.39 is 42.8 Å². The summed E-state index contributed by atoms with van der Waals surface area (Å²) in [6, 6.07) is 0. The Bertz CT molecular complexity index is 444. The van der Waals surface area contributed by atoms with Gasteiger partial charge in [0.25, 0.3) is 0 Å². The molecule has 0 aliphatic heterocycles. The van der Waals surface area contributed by atoms with E-state index in [0.717, 1.165) is 12.8 Å². The van der Waals surface area contributed by atoms with Crippen LogP contribution in [0.3, 0.4) is 0 Å². The van der Waals surface area contributed by atoms with Crippen molar-refractivity contribution < 1.29 is 40.2 Å². The molecule has 0 heterocycles. The molecule has 32 heavy (non-hydrogen) atoms. The van der Waals surface area contributed by atoms with Crippen LogP contribution >= 0.6 is 0 Å². The van der Waals surface area contributed by atoms with Crippen LogP contribution in [0.2, 0.25) is 0 Å². The number of carbonyl (C=O) groups is 2. The zero-order valence-electron chi connectivity index (χ0n) is 20.1. The molecule has 0 unspecified atom stereocenters. The highest BCUT2D eigenvalue weighted by Crippen LogP contribution is 2.13. The van der Waals surface area contributed by atoms with E-state index in [1.165, 1.54) is 77.6 Å². The molecule has 0 aromatic carbocycles. The molecule has 0 bridgehead atoms. The zero-order valence-corrected chi connectivity index (χ0v) is 20.1. The lowest BCUT2D eigenvalue weighted by Gasteiger charge is -2.24. The summed E-state index contributed by atoms with van der Waals surface area (Å²) in [6.07, 6.45) is 10.4. The maximum absolute atomic E-state index is 10.9. The van der Waals surface area contributed by atoms with Gasteiger partial charge in [-0.2, -0.15) is 0 Å². The SMILES string of the molecule is CCC(=O)[C@H](O)[C@@H](O)[C@H](O)[C@H](O)CO.CCCCCCCCCCCCCCCC(=O)O. The largest absolute Gasteiger partial charge is 0.481 e. The van der Waals surface area contributed by atoms with Crippen molar-refractivity contribution in [3.8, 4) is 0 Å². The number of carboxylic acids is 1. The molecule has 0 aromatic rings. The summed E-state index contributed by atoms with van der Waals surface area (Å²) in [5.41, 5.74) is 0. The number of carboxylic acid groups (broad SMARTS) is 1. The van der Waals surface area contributed by atoms with Gasteiger partial charge in [0.1, 0.15) is 24.4 Å². The lowest BCUT2D eigenvalue weighted by Crippen LogP contribution is -2.48. The normalized spacial score (nSPS) is 14.7. The molecule has 0 spiro atoms. The molecule has 0 aromatic heterocycles. The van der Waals surface area contributed by atoms with Crippen molar-refractivity contribution in [2.75, 3.05) is 6.61 Å². The first-order chi connectivity index (χ1) is 15.2. The highest BCUT2D eigenvalue weighted by molar-refractivity contribution is 5.83. The van der Waals surface area contributed by atoms with E-state index in [9.17, 15) is 14.7 Å². The fourth-order valence-electron chi connectivity index (χ4n) is 3.22. The highest BCUT2D eigenvalue weighted by atomic mass is 16.4. The molecule has 0 saturated carbocycles. The van der Waals surface area contributed by atoms with Crippen molar-refractivity contribution in [1.29, 1.82) is 0 Å². The van der Waals surface area contributed by atoms with Gasteiger partial charge < -0.3 is 30.6 Å². The van der Waals surface area contributed by atoms with Gasteiger partial charge in [0.2, 0.25) is 0 Å². The maximum Gasteiger partial charge on any atom is 0.303 e. The Morgan fingerprint density at radius 2 is 1.06 bits per heavy atom. The predicted octanol–water partition coefficient (Wildman–Crippen LogP) is 2.95. The van der Waals surface area contributed by atoms with Gasteiger partial charge >= 0.3 is 5.97 Å². The molecule has 0 aliphatic carbocycles. The van der Waals surface area contributed by atoms with Crippen LogP contribution in [0.5, 0.6) is 0 Å². The number of aliphatic hydroxyl groups is 5. The second kappa shape index (κ2) is 23.1. The Hall–Kier alpha value is -1.06. The Balaban J connectivity index is 0. The standard InChI is InChI=1S/C16H32O2.C8H16O6/c1-2-3-4-5-6-7-8-9-10-11-12-13-14-15-16(17)18;1-2-4(10)6(12)8(14)7(13)5(11)3-9/h2-15H2,1H3,(H,17,18);5-9,11-14H,2-3H2,1H3/t;5-,6+,7-,8-/m.1/s1. The Morgan fingerprint density at radius 3 is 1.41 bits per heavy atom. The average Bonchev–Trinajstić information content (AvgIpc) is 2.79. The van der Waals surface area contributed by atoms with Crippen molar-refractivity contribution in [3.63, 3.8) is 0 Å². The quantitative estimate of drug-likeness (QED) is 0.150. The molecule has 4 atom stereocenters. The second-order valence-electron chi connectivity index (χ2n) is 8.38. The van der Waals surface area contributed by atoms with Gasteiger partial charge in [-0.1, -0.05) is 90.9 Å². The van der Waals surface area contributed by atoms with Crippen LogP contribution in [0.4, 0.5) is 0 Å². The van der Waals surface area contributed by atoms with Gasteiger partial charge in [-0.15, -0.1) is 0 Å². The van der Waals surface area contributed by atoms with Crippen LogP contribution in [0.25, 0.3) is 0 Å². The van der Waals surface area contributed by atoms with Crippen molar-refractivity contribution in [1.82, 2.24) is 0 Å². The third-order valence-electron chi connectivity index (χ3n) is 5.43. The van der Waals surface area contributed by atoms with Crippen LogP contribution < -0.4 is 0 Å². The monoisotopic (exact) mass is 464 g/mol. The molecule has 0 amide bonds. The first-order valence-electron chi connectivity index (χ1n) is 12.3. The topological polar surface area (TPSA) is 156 Å². The van der Waals surface area contributed by atoms with E-state index in [1.54, 1.807) is 0 Å². The number of hydrogen-bond acceptors (Lipinski definition) is 7. The number of aliphatic carboxylic acids is 1. The lowest BCUT2D eigenvalue weighted by molar-refractivity contribution is -0.146. The van der Waals surface area contributed by atoms with E-state index in [4.69, 9.17) is 25.5 Å². The molecule has 0 aliphatic rings. The van der Waals surface area contributed by atoms with E-state index in [1.807, 2.05) is 0 Å². The number of rotatable bonds is 20. The summed E-state index contributed by atoms with van der Waals surface area (Å²) >= 11 is 0. The van der Waals surface area contributed by atoms with Crippen molar-refractivity contribution in [3.05, 3.63) is 0 Å². The maximum atomic E-state index is 10.9. The summed E-state index contributed by atoms with van der Waals surface area (Å²) in [4.78, 5) is 21.2. The van der Waals surface area contributed by atoms with Crippen molar-refractivity contribution in [2.45, 2.75) is 135 Å². The number of Topliss-reactive ketones (excluding diaryl/α,β-unsaturated/α-hetero) is 1. The van der Waals surface area contributed by atoms with Crippen LogP contribution in [0.1, 0.15) is 110 Å². The first-order valence-corrected chi connectivity index (χ1v) is 12.3. The van der Waals surface area contributed by atoms with Crippen LogP contribution in [0.15, 0.2) is 0 Å². The predicted molar refractivity (Wildman–Crippen MR) is 124 cm³/mol. The van der Waals surface area contributed by atoms with Crippen LogP contribution in [0, 0.1) is 0 Å². The lowest BCUT2D eigenvalue weighted by atomic mass is 9.99. The summed E-state index contributed by atoms with van der Waals surface area (Å²) in [6.45, 7) is 2.99. The van der Waals surface area contributed by atoms with Crippen molar-refractivity contribution in [2.24, 2.45) is 0 Å². The molecule has 0 rings (SSSR count). The number of carbonyl (C=O) groups excluding carboxylic acids is 1. The van der Waals surface area contributed by atoms with Gasteiger partial charge in [-0.3, -0.25) is 9.59 Å². The third kappa shape index (κ3) is 19.6. The smallest absolute Gasteiger partial charge is 0.303 e. The van der Waals surface area contributed by atoms with E-state index in [0.29, 0.717) is 6.42 Å². The zero-order chi connectivity index (χ0) is 24.8. The van der Waals surface area contributed by atoms with Crippen LogP contribution in [-0.4, -0.2) is 73.4 Å². The first kappa shape index (κ1) is 33.1. The molecule has 6 N–H and O–H groups in total. The number of unbranched alkanes of at least 4 members (excludes halogenated alkanes) is 12. The molecule has 0 fully saturated rings. The van der Waals surface area contributed by atoms with Gasteiger partial charge in [-0.05, 0) is 6.42 Å². The fraction of sp³-hybridized carbons (Fsp3) is 0.917. The number of ketones is 1. The summed E-state index contributed by atoms with van der Waals surface area (Å²) in [5, 5.41) is 53.3. The molecular weight excluding hydrogens is 416 g/mol. The molecule has 8 heteroatoms. The summed E-state index contributed by atoms with van der Waals surface area (Å²) in [7, 11) is 0. The number of aliphatic hydroxyl groups excluding tert-OH is 5. The van der Waals surface area contributed by atoms with Crippen molar-refractivity contribution >= 4 is 11.8 Å². The minimum absolute atomic E-state index is 0.0141. The van der Waals surface area contributed by atoms with E-state index in [-0.39, 0.29) is 6.42 Å². The third-order valence-corrected chi connectivity index (χ3v) is 5.43. The minimum Gasteiger partial charge on any atom is -0.481 e. The molecule has 192 valence electrons. The van der Waals surface area contributed by atoms with E-state index in [2.05, 4.69) is 6.92 Å². The number of hydrogen-bond donors (Lipinski definition) is 6. The molecular formula is C24H48O8. The second-order valence-corrected chi connectivity index (χ2v) is 8.38. The Labute approximate surface area is 193 Å². The Morgan fingerprint density at radius 1 is 0.656 bits per heavy atom. The summed E-state index contributed by atoms with van der Waals surface area (Å²) in [5.74, 6) is -1.29. The van der Waals surface area contributed by atoms with Gasteiger partial charge in [0.15, 0.2) is 5.78 Å². The molecule has 0 radical (unpaired) electrons. The molecule has 0 saturated heterocycles. The van der Waals surface area contributed by atoms with Gasteiger partial charge in [0, 0.05) is 12.8 Å².